The van der Waals surface area contributed by atoms with Crippen molar-refractivity contribution >= 4 is 11.4 Å². The monoisotopic (exact) mass is 342 g/mol. The van der Waals surface area contributed by atoms with Gasteiger partial charge in [-0.15, -0.1) is 0 Å². The van der Waals surface area contributed by atoms with Crippen molar-refractivity contribution in [1.29, 1.82) is 0 Å². The minimum Gasteiger partial charge on any atom is -0.382 e. The van der Waals surface area contributed by atoms with Crippen molar-refractivity contribution < 1.29 is 0 Å². The minimum atomic E-state index is 0.694. The van der Waals surface area contributed by atoms with Gasteiger partial charge in [0.25, 0.3) is 0 Å². The van der Waals surface area contributed by atoms with Crippen LogP contribution < -0.4 is 10.6 Å². The maximum atomic E-state index is 3.89. The van der Waals surface area contributed by atoms with Gasteiger partial charge in [0.15, 0.2) is 0 Å². The van der Waals surface area contributed by atoms with Crippen LogP contribution in [0, 0.1) is 0 Å². The molecule has 140 valence electrons. The third-order valence-electron chi connectivity index (χ3n) is 6.10. The Hall–Kier alpha value is -1.18. The second kappa shape index (κ2) is 10.1. The molecule has 2 heteroatoms. The van der Waals surface area contributed by atoms with E-state index in [0.717, 1.165) is 0 Å². The Morgan fingerprint density at radius 1 is 0.800 bits per heavy atom. The van der Waals surface area contributed by atoms with Crippen LogP contribution in [0.4, 0.5) is 11.4 Å². The van der Waals surface area contributed by atoms with E-state index in [2.05, 4.69) is 35.8 Å². The quantitative estimate of drug-likeness (QED) is 0.451. The fourth-order valence-corrected chi connectivity index (χ4v) is 4.53. The molecule has 0 aromatic heterocycles. The van der Waals surface area contributed by atoms with E-state index in [-0.39, 0.29) is 0 Å². The summed E-state index contributed by atoms with van der Waals surface area (Å²) in [6.07, 6.45) is 19.0. The molecular weight excluding hydrogens is 304 g/mol. The van der Waals surface area contributed by atoms with Gasteiger partial charge in [0.05, 0.1) is 0 Å². The van der Waals surface area contributed by atoms with E-state index in [1.165, 1.54) is 107 Å². The van der Waals surface area contributed by atoms with Gasteiger partial charge in [0.2, 0.25) is 0 Å². The summed E-state index contributed by atoms with van der Waals surface area (Å²) < 4.78 is 0. The Kier molecular flexibility index (Phi) is 7.51. The molecule has 0 saturated heterocycles. The zero-order chi connectivity index (χ0) is 17.3. The van der Waals surface area contributed by atoms with Crippen molar-refractivity contribution in [3.05, 3.63) is 23.8 Å². The molecule has 0 spiro atoms. The van der Waals surface area contributed by atoms with E-state index in [9.17, 15) is 0 Å². The standard InChI is InChI=1S/C23H38N2/c1-2-3-4-5-6-11-19-16-17-22(24-20-12-7-8-13-20)18-23(19)25-21-14-9-10-15-21/h16-18,20-21,24-25H,2-15H2,1H3. The average Bonchev–Trinajstić information content (AvgIpc) is 3.30. The van der Waals surface area contributed by atoms with E-state index in [4.69, 9.17) is 0 Å². The van der Waals surface area contributed by atoms with E-state index in [1.54, 1.807) is 0 Å². The molecular formula is C23H38N2. The summed E-state index contributed by atoms with van der Waals surface area (Å²) in [4.78, 5) is 0. The fraction of sp³-hybridized carbons (Fsp3) is 0.739. The van der Waals surface area contributed by atoms with Gasteiger partial charge in [0.1, 0.15) is 0 Å². The van der Waals surface area contributed by atoms with Gasteiger partial charge in [-0.05, 0) is 56.2 Å². The van der Waals surface area contributed by atoms with Crippen LogP contribution in [0.15, 0.2) is 18.2 Å². The molecule has 25 heavy (non-hydrogen) atoms. The summed E-state index contributed by atoms with van der Waals surface area (Å²) in [7, 11) is 0. The number of anilines is 2. The molecule has 2 saturated carbocycles. The zero-order valence-corrected chi connectivity index (χ0v) is 16.3. The predicted octanol–water partition coefficient (Wildman–Crippen LogP) is 6.91. The Labute approximate surface area is 155 Å². The molecule has 1 aromatic rings. The lowest BCUT2D eigenvalue weighted by atomic mass is 10.0. The van der Waals surface area contributed by atoms with Crippen LogP contribution in [0.1, 0.15) is 96.0 Å². The van der Waals surface area contributed by atoms with Crippen molar-refractivity contribution in [2.24, 2.45) is 0 Å². The van der Waals surface area contributed by atoms with E-state index >= 15 is 0 Å². The van der Waals surface area contributed by atoms with Gasteiger partial charge in [-0.25, -0.2) is 0 Å². The number of hydrogen-bond donors (Lipinski definition) is 2. The molecule has 2 nitrogen and oxygen atoms in total. The lowest BCUT2D eigenvalue weighted by molar-refractivity contribution is 0.632. The van der Waals surface area contributed by atoms with Gasteiger partial charge in [-0.3, -0.25) is 0 Å². The first kappa shape index (κ1) is 18.6. The first-order valence-corrected chi connectivity index (χ1v) is 11.0. The van der Waals surface area contributed by atoms with Gasteiger partial charge < -0.3 is 10.6 Å². The summed E-state index contributed by atoms with van der Waals surface area (Å²) in [6, 6.07) is 8.49. The third kappa shape index (κ3) is 5.94. The summed E-state index contributed by atoms with van der Waals surface area (Å²) in [5.74, 6) is 0. The normalized spacial score (nSPS) is 18.8. The molecule has 2 aliphatic carbocycles. The predicted molar refractivity (Wildman–Crippen MR) is 111 cm³/mol. The first-order valence-electron chi connectivity index (χ1n) is 11.0. The second-order valence-corrected chi connectivity index (χ2v) is 8.29. The molecule has 0 amide bonds. The van der Waals surface area contributed by atoms with Crippen molar-refractivity contribution in [2.45, 2.75) is 109 Å². The van der Waals surface area contributed by atoms with E-state index < -0.39 is 0 Å². The highest BCUT2D eigenvalue weighted by Gasteiger charge is 2.18. The maximum Gasteiger partial charge on any atom is 0.0395 e. The third-order valence-corrected chi connectivity index (χ3v) is 6.10. The Morgan fingerprint density at radius 3 is 2.12 bits per heavy atom. The Morgan fingerprint density at radius 2 is 1.44 bits per heavy atom. The van der Waals surface area contributed by atoms with Crippen LogP contribution in [0.2, 0.25) is 0 Å². The Bertz CT molecular complexity index is 499. The van der Waals surface area contributed by atoms with Crippen molar-refractivity contribution in [2.75, 3.05) is 10.6 Å². The van der Waals surface area contributed by atoms with E-state index in [0.29, 0.717) is 12.1 Å². The highest BCUT2D eigenvalue weighted by Crippen LogP contribution is 2.30. The molecule has 0 bridgehead atoms. The van der Waals surface area contributed by atoms with Crippen LogP contribution >= 0.6 is 0 Å². The Balaban J connectivity index is 1.61. The molecule has 1 aromatic carbocycles. The van der Waals surface area contributed by atoms with Gasteiger partial charge in [-0.1, -0.05) is 64.4 Å². The molecule has 0 radical (unpaired) electrons. The van der Waals surface area contributed by atoms with Crippen LogP contribution in [-0.2, 0) is 6.42 Å². The first-order chi connectivity index (χ1) is 12.3. The lowest BCUT2D eigenvalue weighted by Crippen LogP contribution is -2.17. The van der Waals surface area contributed by atoms with Crippen molar-refractivity contribution in [1.82, 2.24) is 0 Å². The fourth-order valence-electron chi connectivity index (χ4n) is 4.53. The molecule has 2 N–H and O–H groups in total. The van der Waals surface area contributed by atoms with Gasteiger partial charge in [-0.2, -0.15) is 0 Å². The topological polar surface area (TPSA) is 24.1 Å². The number of nitrogens with one attached hydrogen (secondary N) is 2. The molecule has 0 aliphatic heterocycles. The number of rotatable bonds is 10. The summed E-state index contributed by atoms with van der Waals surface area (Å²) in [5, 5.41) is 7.66. The largest absolute Gasteiger partial charge is 0.382 e. The number of unbranched alkanes of at least 4 members (excludes halogenated alkanes) is 4. The van der Waals surface area contributed by atoms with Crippen LogP contribution in [-0.4, -0.2) is 12.1 Å². The molecule has 2 fully saturated rings. The molecule has 0 heterocycles. The molecule has 0 unspecified atom stereocenters. The average molecular weight is 343 g/mol. The van der Waals surface area contributed by atoms with Crippen molar-refractivity contribution in [3.8, 4) is 0 Å². The number of aryl methyl sites for hydroxylation is 1. The van der Waals surface area contributed by atoms with Gasteiger partial charge in [0, 0.05) is 23.5 Å². The molecule has 0 atom stereocenters. The van der Waals surface area contributed by atoms with Crippen LogP contribution in [0.3, 0.4) is 0 Å². The summed E-state index contributed by atoms with van der Waals surface area (Å²) in [5.41, 5.74) is 4.26. The van der Waals surface area contributed by atoms with Crippen LogP contribution in [0.5, 0.6) is 0 Å². The summed E-state index contributed by atoms with van der Waals surface area (Å²) in [6.45, 7) is 2.29. The number of benzene rings is 1. The van der Waals surface area contributed by atoms with Crippen molar-refractivity contribution in [3.63, 3.8) is 0 Å². The van der Waals surface area contributed by atoms with Crippen LogP contribution in [0.25, 0.3) is 0 Å². The molecule has 3 rings (SSSR count). The van der Waals surface area contributed by atoms with Gasteiger partial charge >= 0.3 is 0 Å². The highest BCUT2D eigenvalue weighted by molar-refractivity contribution is 5.62. The SMILES string of the molecule is CCCCCCCc1ccc(NC2CCCC2)cc1NC1CCCC1. The number of hydrogen-bond acceptors (Lipinski definition) is 2. The zero-order valence-electron chi connectivity index (χ0n) is 16.3. The minimum absolute atomic E-state index is 0.694. The molecule has 2 aliphatic rings. The maximum absolute atomic E-state index is 3.89. The second-order valence-electron chi connectivity index (χ2n) is 8.29. The smallest absolute Gasteiger partial charge is 0.0395 e. The van der Waals surface area contributed by atoms with E-state index in [1.807, 2.05) is 0 Å². The highest BCUT2D eigenvalue weighted by atomic mass is 14.9. The summed E-state index contributed by atoms with van der Waals surface area (Å²) >= 11 is 0. The lowest BCUT2D eigenvalue weighted by Gasteiger charge is -2.20.